The summed E-state index contributed by atoms with van der Waals surface area (Å²) in [5, 5.41) is 17.9. The molecule has 0 radical (unpaired) electrons. The van der Waals surface area contributed by atoms with Crippen molar-refractivity contribution in [2.24, 2.45) is 5.41 Å². The number of carbonyl (C=O) groups excluding carboxylic acids is 2. The third kappa shape index (κ3) is 3.30. The first-order chi connectivity index (χ1) is 14.2. The summed E-state index contributed by atoms with van der Waals surface area (Å²) in [7, 11) is 0. The summed E-state index contributed by atoms with van der Waals surface area (Å²) >= 11 is 0. The maximum absolute atomic E-state index is 13.1. The van der Waals surface area contributed by atoms with Gasteiger partial charge in [-0.05, 0) is 47.9 Å². The van der Waals surface area contributed by atoms with E-state index in [9.17, 15) is 9.59 Å². The van der Waals surface area contributed by atoms with Gasteiger partial charge < -0.3 is 9.80 Å². The lowest BCUT2D eigenvalue weighted by Gasteiger charge is -2.49. The highest BCUT2D eigenvalue weighted by atomic mass is 16.2. The zero-order valence-corrected chi connectivity index (χ0v) is 16.5. The van der Waals surface area contributed by atoms with Gasteiger partial charge in [0, 0.05) is 32.1 Å². The second-order valence-corrected chi connectivity index (χ2v) is 8.64. The summed E-state index contributed by atoms with van der Waals surface area (Å²) in [6.07, 6.45) is 11.2. The summed E-state index contributed by atoms with van der Waals surface area (Å²) in [6, 6.07) is 0.434. The summed E-state index contributed by atoms with van der Waals surface area (Å²) in [5.74, 6) is 0.750. The Morgan fingerprint density at radius 3 is 2.69 bits per heavy atom. The van der Waals surface area contributed by atoms with Gasteiger partial charge in [-0.1, -0.05) is 12.8 Å². The lowest BCUT2D eigenvalue weighted by molar-refractivity contribution is -0.142. The SMILES string of the molecule is O=C(c1cn[nH]c1-n1cnnn1)N1CCC2(CCC(=O)N(C3CCCC3)C2)CC1. The van der Waals surface area contributed by atoms with Crippen LogP contribution in [0, 0.1) is 5.41 Å². The first-order valence-electron chi connectivity index (χ1n) is 10.5. The predicted molar refractivity (Wildman–Crippen MR) is 102 cm³/mol. The molecule has 2 aromatic rings. The molecular formula is C19H26N8O2. The Bertz CT molecular complexity index is 878. The molecule has 5 rings (SSSR count). The van der Waals surface area contributed by atoms with Gasteiger partial charge in [-0.2, -0.15) is 9.78 Å². The first-order valence-corrected chi connectivity index (χ1v) is 10.5. The molecule has 0 bridgehead atoms. The van der Waals surface area contributed by atoms with E-state index in [-0.39, 0.29) is 11.3 Å². The maximum atomic E-state index is 13.1. The zero-order valence-electron chi connectivity index (χ0n) is 16.5. The molecule has 10 heteroatoms. The molecule has 1 spiro atoms. The van der Waals surface area contributed by atoms with Gasteiger partial charge in [-0.3, -0.25) is 14.7 Å². The molecule has 154 valence electrons. The largest absolute Gasteiger partial charge is 0.339 e. The summed E-state index contributed by atoms with van der Waals surface area (Å²) in [6.45, 7) is 2.26. The van der Waals surface area contributed by atoms with Crippen LogP contribution in [0.25, 0.3) is 5.82 Å². The number of nitrogens with zero attached hydrogens (tertiary/aromatic N) is 7. The van der Waals surface area contributed by atoms with Gasteiger partial charge in [0.05, 0.1) is 6.20 Å². The van der Waals surface area contributed by atoms with Gasteiger partial charge in [0.1, 0.15) is 11.9 Å². The number of piperidine rings is 2. The van der Waals surface area contributed by atoms with Crippen LogP contribution in [0.3, 0.4) is 0 Å². The minimum Gasteiger partial charge on any atom is -0.339 e. The number of H-pyrrole nitrogens is 1. The lowest BCUT2D eigenvalue weighted by atomic mass is 9.72. The van der Waals surface area contributed by atoms with Crippen LogP contribution in [0.5, 0.6) is 0 Å². The van der Waals surface area contributed by atoms with E-state index in [0.717, 1.165) is 38.6 Å². The van der Waals surface area contributed by atoms with Crippen molar-refractivity contribution in [3.8, 4) is 5.82 Å². The van der Waals surface area contributed by atoms with Crippen molar-refractivity contribution < 1.29 is 9.59 Å². The van der Waals surface area contributed by atoms with Crippen LogP contribution in [-0.2, 0) is 4.79 Å². The van der Waals surface area contributed by atoms with E-state index in [2.05, 4.69) is 30.6 Å². The van der Waals surface area contributed by atoms with E-state index >= 15 is 0 Å². The van der Waals surface area contributed by atoms with Crippen LogP contribution in [0.1, 0.15) is 61.7 Å². The van der Waals surface area contributed by atoms with E-state index < -0.39 is 0 Å². The molecule has 2 aliphatic heterocycles. The molecule has 1 aliphatic carbocycles. The van der Waals surface area contributed by atoms with Crippen molar-refractivity contribution >= 4 is 11.8 Å². The third-order valence-electron chi connectivity index (χ3n) is 7.00. The highest BCUT2D eigenvalue weighted by Gasteiger charge is 2.44. The van der Waals surface area contributed by atoms with Gasteiger partial charge in [0.15, 0.2) is 5.82 Å². The second kappa shape index (κ2) is 7.23. The van der Waals surface area contributed by atoms with Crippen molar-refractivity contribution in [3.63, 3.8) is 0 Å². The summed E-state index contributed by atoms with van der Waals surface area (Å²) in [4.78, 5) is 29.7. The fraction of sp³-hybridized carbons (Fsp3) is 0.684. The molecule has 0 aromatic carbocycles. The van der Waals surface area contributed by atoms with Crippen LogP contribution in [0.15, 0.2) is 12.5 Å². The molecule has 2 amide bonds. The van der Waals surface area contributed by atoms with Crippen molar-refractivity contribution in [2.45, 2.75) is 57.4 Å². The molecule has 3 aliphatic rings. The van der Waals surface area contributed by atoms with E-state index in [1.807, 2.05) is 4.90 Å². The second-order valence-electron chi connectivity index (χ2n) is 8.64. The topological polar surface area (TPSA) is 113 Å². The number of hydrogen-bond acceptors (Lipinski definition) is 6. The lowest BCUT2D eigenvalue weighted by Crippen LogP contribution is -2.54. The Kier molecular flexibility index (Phi) is 4.56. The number of rotatable bonds is 3. The summed E-state index contributed by atoms with van der Waals surface area (Å²) in [5.41, 5.74) is 0.627. The summed E-state index contributed by atoms with van der Waals surface area (Å²) < 4.78 is 1.41. The number of likely N-dealkylation sites (tertiary alicyclic amines) is 2. The van der Waals surface area contributed by atoms with Gasteiger partial charge >= 0.3 is 0 Å². The van der Waals surface area contributed by atoms with E-state index in [0.29, 0.717) is 42.8 Å². The quantitative estimate of drug-likeness (QED) is 0.830. The van der Waals surface area contributed by atoms with E-state index in [4.69, 9.17) is 0 Å². The molecular weight excluding hydrogens is 372 g/mol. The monoisotopic (exact) mass is 398 g/mol. The fourth-order valence-corrected chi connectivity index (χ4v) is 5.23. The molecule has 1 N–H and O–H groups in total. The first kappa shape index (κ1) is 18.3. The smallest absolute Gasteiger partial charge is 0.259 e. The molecule has 29 heavy (non-hydrogen) atoms. The standard InChI is InChI=1S/C19H26N8O2/c28-16-5-6-19(12-26(16)14-3-1-2-4-14)7-9-25(10-8-19)18(29)15-11-20-22-17(15)27-13-21-23-24-27/h11,13-14H,1-10,12H2,(H,20,22). The molecule has 4 heterocycles. The van der Waals surface area contributed by atoms with E-state index in [1.54, 1.807) is 0 Å². The Morgan fingerprint density at radius 2 is 1.97 bits per heavy atom. The molecule has 1 saturated carbocycles. The van der Waals surface area contributed by atoms with Crippen LogP contribution in [-0.4, -0.2) is 77.7 Å². The van der Waals surface area contributed by atoms with Crippen molar-refractivity contribution in [1.82, 2.24) is 40.2 Å². The van der Waals surface area contributed by atoms with Crippen LogP contribution >= 0.6 is 0 Å². The maximum Gasteiger partial charge on any atom is 0.259 e. The number of nitrogens with one attached hydrogen (secondary N) is 1. The van der Waals surface area contributed by atoms with Gasteiger partial charge in [0.2, 0.25) is 5.91 Å². The van der Waals surface area contributed by atoms with E-state index in [1.165, 1.54) is 30.0 Å². The molecule has 2 aromatic heterocycles. The average Bonchev–Trinajstić information content (AvgIpc) is 3.51. The average molecular weight is 398 g/mol. The highest BCUT2D eigenvalue weighted by molar-refractivity contribution is 5.97. The van der Waals surface area contributed by atoms with Crippen molar-refractivity contribution in [2.75, 3.05) is 19.6 Å². The van der Waals surface area contributed by atoms with Gasteiger partial charge in [0.25, 0.3) is 5.91 Å². The third-order valence-corrected chi connectivity index (χ3v) is 7.00. The molecule has 3 fully saturated rings. The molecule has 0 atom stereocenters. The number of aromatic amines is 1. The Labute approximate surface area is 168 Å². The zero-order chi connectivity index (χ0) is 19.8. The highest BCUT2D eigenvalue weighted by Crippen LogP contribution is 2.42. The van der Waals surface area contributed by atoms with Gasteiger partial charge in [-0.15, -0.1) is 5.10 Å². The molecule has 10 nitrogen and oxygen atoms in total. The Balaban J connectivity index is 1.26. The number of amides is 2. The molecule has 2 saturated heterocycles. The number of carbonyl (C=O) groups is 2. The van der Waals surface area contributed by atoms with Crippen molar-refractivity contribution in [1.29, 1.82) is 0 Å². The minimum absolute atomic E-state index is 0.0568. The number of aromatic nitrogens is 6. The normalized spacial score (nSPS) is 22.6. The van der Waals surface area contributed by atoms with Crippen LogP contribution in [0.4, 0.5) is 0 Å². The fourth-order valence-electron chi connectivity index (χ4n) is 5.23. The Hall–Kier alpha value is -2.78. The minimum atomic E-state index is -0.0568. The van der Waals surface area contributed by atoms with Crippen LogP contribution in [0.2, 0.25) is 0 Å². The molecule has 0 unspecified atom stereocenters. The van der Waals surface area contributed by atoms with Crippen LogP contribution < -0.4 is 0 Å². The number of hydrogen-bond donors (Lipinski definition) is 1. The Morgan fingerprint density at radius 1 is 1.17 bits per heavy atom. The predicted octanol–water partition coefficient (Wildman–Crippen LogP) is 1.17. The van der Waals surface area contributed by atoms with Gasteiger partial charge in [-0.25, -0.2) is 0 Å². The van der Waals surface area contributed by atoms with Crippen molar-refractivity contribution in [3.05, 3.63) is 18.1 Å². The number of tetrazole rings is 1.